The minimum Gasteiger partial charge on any atom is -0.497 e. The summed E-state index contributed by atoms with van der Waals surface area (Å²) in [6.45, 7) is 0.822. The summed E-state index contributed by atoms with van der Waals surface area (Å²) in [5, 5.41) is 0. The topological polar surface area (TPSA) is 71.3 Å². The van der Waals surface area contributed by atoms with Gasteiger partial charge >= 0.3 is 0 Å². The van der Waals surface area contributed by atoms with Crippen molar-refractivity contribution in [3.8, 4) is 28.6 Å². The van der Waals surface area contributed by atoms with E-state index in [1.54, 1.807) is 7.11 Å². The second kappa shape index (κ2) is 6.98. The lowest BCUT2D eigenvalue weighted by atomic mass is 10.1. The zero-order valence-electron chi connectivity index (χ0n) is 16.8. The summed E-state index contributed by atoms with van der Waals surface area (Å²) in [4.78, 5) is 14.5. The third-order valence-electron chi connectivity index (χ3n) is 5.38. The van der Waals surface area contributed by atoms with Crippen molar-refractivity contribution in [3.05, 3.63) is 72.3 Å². The molecule has 0 radical (unpaired) electrons. The summed E-state index contributed by atoms with van der Waals surface area (Å²) in [6, 6.07) is 21.7. The van der Waals surface area contributed by atoms with Crippen LogP contribution in [-0.2, 0) is 6.54 Å². The van der Waals surface area contributed by atoms with Gasteiger partial charge in [-0.2, -0.15) is 0 Å². The lowest BCUT2D eigenvalue weighted by Gasteiger charge is -2.10. The van der Waals surface area contributed by atoms with Crippen LogP contribution in [0.25, 0.3) is 33.7 Å². The van der Waals surface area contributed by atoms with E-state index in [-0.39, 0.29) is 6.79 Å². The molecule has 0 atom stereocenters. The quantitative estimate of drug-likeness (QED) is 0.436. The van der Waals surface area contributed by atoms with Gasteiger partial charge in [-0.05, 0) is 54.1 Å². The van der Waals surface area contributed by atoms with Crippen molar-refractivity contribution in [2.75, 3.05) is 13.9 Å². The zero-order chi connectivity index (χ0) is 20.8. The lowest BCUT2D eigenvalue weighted by Crippen LogP contribution is -2.04. The Bertz CT molecular complexity index is 1430. The minimum atomic E-state index is 0.251. The van der Waals surface area contributed by atoms with Crippen molar-refractivity contribution in [1.29, 1.82) is 0 Å². The molecule has 0 spiro atoms. The number of hydrogen-bond acceptors (Lipinski definition) is 6. The van der Waals surface area contributed by atoms with Gasteiger partial charge in [0.2, 0.25) is 6.79 Å². The van der Waals surface area contributed by atoms with Crippen LogP contribution in [0.1, 0.15) is 5.56 Å². The van der Waals surface area contributed by atoms with E-state index < -0.39 is 0 Å². The Kier molecular flexibility index (Phi) is 3.99. The summed E-state index contributed by atoms with van der Waals surface area (Å²) < 4.78 is 18.4. The average Bonchev–Trinajstić information content (AvgIpc) is 3.42. The van der Waals surface area contributed by atoms with E-state index in [9.17, 15) is 0 Å². The summed E-state index contributed by atoms with van der Waals surface area (Å²) in [5.41, 5.74) is 5.04. The molecular weight excluding hydrogens is 392 g/mol. The van der Waals surface area contributed by atoms with Gasteiger partial charge in [-0.15, -0.1) is 0 Å². The van der Waals surface area contributed by atoms with Crippen molar-refractivity contribution < 1.29 is 14.2 Å². The maximum absolute atomic E-state index is 5.55. The van der Waals surface area contributed by atoms with Gasteiger partial charge in [0, 0.05) is 5.56 Å². The molecule has 0 saturated carbocycles. The van der Waals surface area contributed by atoms with Crippen molar-refractivity contribution in [2.45, 2.75) is 6.54 Å². The summed E-state index contributed by atoms with van der Waals surface area (Å²) >= 11 is 0. The van der Waals surface area contributed by atoms with Crippen LogP contribution in [0.4, 0.5) is 0 Å². The van der Waals surface area contributed by atoms with E-state index in [1.807, 2.05) is 66.7 Å². The van der Waals surface area contributed by atoms with Crippen LogP contribution in [-0.4, -0.2) is 33.4 Å². The molecule has 0 saturated heterocycles. The molecule has 0 unspecified atom stereocenters. The highest BCUT2D eigenvalue weighted by molar-refractivity contribution is 5.85. The van der Waals surface area contributed by atoms with E-state index in [2.05, 4.69) is 4.57 Å². The SMILES string of the molecule is COc1ccc(-c2nc3nc4ccccc4nc3n2Cc2ccc3c(c2)OCO3)cc1. The number of para-hydroxylation sites is 2. The number of rotatable bonds is 4. The molecule has 0 bridgehead atoms. The monoisotopic (exact) mass is 410 g/mol. The molecule has 1 aliphatic heterocycles. The number of nitrogens with zero attached hydrogens (tertiary/aromatic N) is 4. The number of aromatic nitrogens is 4. The van der Waals surface area contributed by atoms with Crippen LogP contribution < -0.4 is 14.2 Å². The van der Waals surface area contributed by atoms with Crippen molar-refractivity contribution >= 4 is 22.3 Å². The van der Waals surface area contributed by atoms with Gasteiger partial charge in [0.1, 0.15) is 11.6 Å². The number of benzene rings is 3. The first kappa shape index (κ1) is 17.7. The van der Waals surface area contributed by atoms with E-state index in [0.717, 1.165) is 50.9 Å². The molecule has 1 aliphatic rings. The molecule has 152 valence electrons. The highest BCUT2D eigenvalue weighted by atomic mass is 16.7. The van der Waals surface area contributed by atoms with Gasteiger partial charge in [0.15, 0.2) is 22.8 Å². The second-order valence-corrected chi connectivity index (χ2v) is 7.30. The van der Waals surface area contributed by atoms with Crippen LogP contribution >= 0.6 is 0 Å². The van der Waals surface area contributed by atoms with Crippen molar-refractivity contribution in [2.24, 2.45) is 0 Å². The Morgan fingerprint density at radius 2 is 1.65 bits per heavy atom. The molecule has 3 aromatic carbocycles. The first-order valence-electron chi connectivity index (χ1n) is 9.94. The molecule has 0 aliphatic carbocycles. The molecule has 0 amide bonds. The molecule has 3 heterocycles. The number of imidazole rings is 1. The average molecular weight is 410 g/mol. The highest BCUT2D eigenvalue weighted by Gasteiger charge is 2.18. The predicted octanol–water partition coefficient (Wildman–Crippen LogP) is 4.43. The third-order valence-corrected chi connectivity index (χ3v) is 5.38. The number of ether oxygens (including phenoxy) is 3. The normalized spacial score (nSPS) is 12.5. The smallest absolute Gasteiger partial charge is 0.231 e. The molecule has 5 aromatic rings. The van der Waals surface area contributed by atoms with Crippen LogP contribution in [0.15, 0.2) is 66.7 Å². The summed E-state index contributed by atoms with van der Waals surface area (Å²) in [6.07, 6.45) is 0. The summed E-state index contributed by atoms with van der Waals surface area (Å²) in [5.74, 6) is 3.11. The van der Waals surface area contributed by atoms with Gasteiger partial charge in [0.25, 0.3) is 0 Å². The fourth-order valence-electron chi connectivity index (χ4n) is 3.83. The Balaban J connectivity index is 1.54. The zero-order valence-corrected chi connectivity index (χ0v) is 16.8. The maximum atomic E-state index is 5.55. The number of hydrogen-bond donors (Lipinski definition) is 0. The van der Waals surface area contributed by atoms with Gasteiger partial charge in [-0.3, -0.25) is 0 Å². The Hall–Kier alpha value is -4.13. The van der Waals surface area contributed by atoms with E-state index >= 15 is 0 Å². The Morgan fingerprint density at radius 1 is 0.871 bits per heavy atom. The number of methoxy groups -OCH3 is 1. The van der Waals surface area contributed by atoms with Gasteiger partial charge in [0.05, 0.1) is 24.7 Å². The molecule has 0 N–H and O–H groups in total. The van der Waals surface area contributed by atoms with Crippen LogP contribution in [0.5, 0.6) is 17.2 Å². The van der Waals surface area contributed by atoms with Gasteiger partial charge in [-0.1, -0.05) is 18.2 Å². The van der Waals surface area contributed by atoms with E-state index in [1.165, 1.54) is 0 Å². The van der Waals surface area contributed by atoms with Gasteiger partial charge < -0.3 is 18.8 Å². The summed E-state index contributed by atoms with van der Waals surface area (Å²) in [7, 11) is 1.66. The molecular formula is C24H18N4O3. The predicted molar refractivity (Wildman–Crippen MR) is 116 cm³/mol. The van der Waals surface area contributed by atoms with Crippen LogP contribution in [0.2, 0.25) is 0 Å². The maximum Gasteiger partial charge on any atom is 0.231 e. The van der Waals surface area contributed by atoms with Crippen LogP contribution in [0.3, 0.4) is 0 Å². The standard InChI is InChI=1S/C24H18N4O3/c1-29-17-9-7-16(8-10-17)23-27-22-24(26-19-5-3-2-4-18(19)25-22)28(23)13-15-6-11-20-21(12-15)31-14-30-20/h2-12H,13-14H2,1H3. The number of fused-ring (bicyclic) bond motifs is 3. The molecule has 7 heteroatoms. The second-order valence-electron chi connectivity index (χ2n) is 7.30. The molecule has 2 aromatic heterocycles. The Labute approximate surface area is 177 Å². The first-order valence-corrected chi connectivity index (χ1v) is 9.94. The van der Waals surface area contributed by atoms with Crippen molar-refractivity contribution in [1.82, 2.24) is 19.5 Å². The molecule has 6 rings (SSSR count). The molecule has 31 heavy (non-hydrogen) atoms. The largest absolute Gasteiger partial charge is 0.497 e. The van der Waals surface area contributed by atoms with Crippen LogP contribution in [0, 0.1) is 0 Å². The Morgan fingerprint density at radius 3 is 2.45 bits per heavy atom. The fraction of sp³-hybridized carbons (Fsp3) is 0.125. The minimum absolute atomic E-state index is 0.251. The van der Waals surface area contributed by atoms with Gasteiger partial charge in [-0.25, -0.2) is 15.0 Å². The third kappa shape index (κ3) is 3.02. The molecule has 0 fully saturated rings. The fourth-order valence-corrected chi connectivity index (χ4v) is 3.83. The van der Waals surface area contributed by atoms with E-state index in [4.69, 9.17) is 29.2 Å². The van der Waals surface area contributed by atoms with E-state index in [0.29, 0.717) is 12.2 Å². The molecule has 7 nitrogen and oxygen atoms in total. The highest BCUT2D eigenvalue weighted by Crippen LogP contribution is 2.34. The lowest BCUT2D eigenvalue weighted by molar-refractivity contribution is 0.174. The van der Waals surface area contributed by atoms with Crippen molar-refractivity contribution in [3.63, 3.8) is 0 Å². The first-order chi connectivity index (χ1) is 15.3.